The van der Waals surface area contributed by atoms with Gasteiger partial charge < -0.3 is 18.9 Å². The fourth-order valence-corrected chi connectivity index (χ4v) is 3.52. The summed E-state index contributed by atoms with van der Waals surface area (Å²) in [5.74, 6) is 2.74. The Morgan fingerprint density at radius 3 is 2.19 bits per heavy atom. The molecule has 1 heterocycles. The van der Waals surface area contributed by atoms with Crippen molar-refractivity contribution in [3.63, 3.8) is 0 Å². The number of methoxy groups -OCH3 is 3. The number of azo groups is 1. The summed E-state index contributed by atoms with van der Waals surface area (Å²) in [6, 6.07) is 14.0. The maximum atomic E-state index is 5.53. The van der Waals surface area contributed by atoms with Gasteiger partial charge in [0, 0.05) is 0 Å². The first-order valence-corrected chi connectivity index (χ1v) is 10.4. The van der Waals surface area contributed by atoms with Crippen LogP contribution in [0.25, 0.3) is 11.6 Å². The normalized spacial score (nSPS) is 14.8. The van der Waals surface area contributed by atoms with Crippen molar-refractivity contribution >= 4 is 17.6 Å². The Hall–Kier alpha value is -3.26. The minimum atomic E-state index is -0.141. The highest BCUT2D eigenvalue weighted by atomic mass is 19.0. The molecule has 0 spiro atoms. The van der Waals surface area contributed by atoms with Crippen molar-refractivity contribution in [3.05, 3.63) is 53.6 Å². The maximum absolute atomic E-state index is 5.53. The Morgan fingerprint density at radius 1 is 1.03 bits per heavy atom. The lowest BCUT2D eigenvalue weighted by Gasteiger charge is -2.20. The topological polar surface area (TPSA) is 81.4 Å². The molecule has 0 bridgehead atoms. The molecule has 0 saturated carbocycles. The van der Waals surface area contributed by atoms with Crippen LogP contribution in [0.5, 0.6) is 17.2 Å². The van der Waals surface area contributed by atoms with E-state index in [4.69, 9.17) is 19.3 Å². The molecule has 3 rings (SSSR count). The molecule has 1 unspecified atom stereocenters. The molecule has 0 amide bonds. The lowest BCUT2D eigenvalue weighted by Crippen LogP contribution is -3.00. The number of hydrogen-bond donors (Lipinski definition) is 1. The van der Waals surface area contributed by atoms with Crippen molar-refractivity contribution in [2.24, 2.45) is 21.1 Å². The van der Waals surface area contributed by atoms with E-state index in [1.165, 1.54) is 0 Å². The van der Waals surface area contributed by atoms with Crippen molar-refractivity contribution in [1.82, 2.24) is 0 Å². The zero-order valence-corrected chi connectivity index (χ0v) is 19.2. The second-order valence-corrected chi connectivity index (χ2v) is 7.56. The van der Waals surface area contributed by atoms with E-state index < -0.39 is 0 Å². The van der Waals surface area contributed by atoms with E-state index in [1.807, 2.05) is 35.6 Å². The summed E-state index contributed by atoms with van der Waals surface area (Å²) >= 11 is 0. The molecular weight excluding hydrogens is 411 g/mol. The summed E-state index contributed by atoms with van der Waals surface area (Å²) in [5.41, 5.74) is 3.08. The van der Waals surface area contributed by atoms with Crippen molar-refractivity contribution < 1.29 is 24.2 Å². The minimum Gasteiger partial charge on any atom is -1.00 e. The van der Waals surface area contributed by atoms with Crippen LogP contribution in [0, 0.1) is 5.92 Å². The van der Waals surface area contributed by atoms with E-state index in [-0.39, 0.29) is 16.7 Å². The van der Waals surface area contributed by atoms with Crippen LogP contribution in [-0.4, -0.2) is 46.4 Å². The second kappa shape index (κ2) is 12.0. The van der Waals surface area contributed by atoms with Crippen molar-refractivity contribution in [2.75, 3.05) is 34.4 Å². The van der Waals surface area contributed by atoms with Gasteiger partial charge in [0.25, 0.3) is 0 Å². The predicted molar refractivity (Wildman–Crippen MR) is 123 cm³/mol. The Morgan fingerprint density at radius 2 is 1.69 bits per heavy atom. The first kappa shape index (κ1) is 25.0. The number of halogens is 1. The minimum absolute atomic E-state index is 0. The van der Waals surface area contributed by atoms with Crippen LogP contribution in [-0.2, 0) is 0 Å². The fraction of sp³-hybridized carbons (Fsp3) is 0.375. The molecule has 0 aliphatic carbocycles. The third-order valence-electron chi connectivity index (χ3n) is 5.08. The Kier molecular flexibility index (Phi) is 9.34. The van der Waals surface area contributed by atoms with Gasteiger partial charge in [-0.25, -0.2) is 4.99 Å². The van der Waals surface area contributed by atoms with Crippen molar-refractivity contribution in [2.45, 2.75) is 19.9 Å². The summed E-state index contributed by atoms with van der Waals surface area (Å²) in [5, 5.41) is 11.2. The molecule has 1 atom stereocenters. The third-order valence-corrected chi connectivity index (χ3v) is 5.08. The van der Waals surface area contributed by atoms with Gasteiger partial charge in [-0.2, -0.15) is 5.11 Å². The van der Waals surface area contributed by atoms with Gasteiger partial charge in [-0.1, -0.05) is 49.3 Å². The number of hydrogen-bond acceptors (Lipinski definition) is 6. The number of rotatable bonds is 8. The van der Waals surface area contributed by atoms with Gasteiger partial charge in [0.05, 0.1) is 33.9 Å². The van der Waals surface area contributed by atoms with Gasteiger partial charge in [0.1, 0.15) is 6.54 Å². The average molecular weight is 443 g/mol. The van der Waals surface area contributed by atoms with Gasteiger partial charge in [-0.3, -0.25) is 5.32 Å². The second-order valence-electron chi connectivity index (χ2n) is 7.56. The number of quaternary nitrogens is 1. The molecule has 8 heteroatoms. The average Bonchev–Trinajstić information content (AvgIpc) is 3.31. The Bertz CT molecular complexity index is 949. The zero-order valence-electron chi connectivity index (χ0n) is 19.2. The van der Waals surface area contributed by atoms with Crippen LogP contribution in [0.15, 0.2) is 57.7 Å². The largest absolute Gasteiger partial charge is 1.00 e. The molecule has 172 valence electrons. The molecule has 0 aromatic heterocycles. The third kappa shape index (κ3) is 5.91. The summed E-state index contributed by atoms with van der Waals surface area (Å²) in [4.78, 5) is 4.38. The molecule has 1 aliphatic heterocycles. The zero-order chi connectivity index (χ0) is 22.2. The molecule has 0 fully saturated rings. The summed E-state index contributed by atoms with van der Waals surface area (Å²) in [6.45, 7) is 6.01. The van der Waals surface area contributed by atoms with Gasteiger partial charge >= 0.3 is 5.96 Å². The first-order chi connectivity index (χ1) is 15.1. The molecule has 2 N–H and O–H groups in total. The Labute approximate surface area is 188 Å². The van der Waals surface area contributed by atoms with Crippen molar-refractivity contribution in [1.29, 1.82) is 0 Å². The standard InChI is InChI=1S/C24H30N4O3.FH/c1-16(2)22(27-28-24-25-11-12-26-24)19(18-9-7-6-8-10-18)13-17-14-20(29-3)23(31-5)21(15-17)30-4;/h6-10,13-16,22H,11-12H2,1-5H3,(H,25,26);1H/b19-13+,28-27?;. The highest BCUT2D eigenvalue weighted by molar-refractivity contribution is 5.85. The van der Waals surface area contributed by atoms with Crippen LogP contribution in [0.3, 0.4) is 0 Å². The molecule has 0 saturated heterocycles. The SMILES string of the molecule is COc1cc(/C=C(\c2ccccc2)C(N=NC2=NCC[NH2+]2)C(C)C)cc(OC)c1OC.[F-]. The molecule has 1 aliphatic rings. The van der Waals surface area contributed by atoms with Crippen LogP contribution < -0.4 is 24.2 Å². The van der Waals surface area contributed by atoms with E-state index in [2.05, 4.69) is 42.2 Å². The molecule has 32 heavy (non-hydrogen) atoms. The van der Waals surface area contributed by atoms with E-state index in [1.54, 1.807) is 21.3 Å². The predicted octanol–water partition coefficient (Wildman–Crippen LogP) is 0.667. The number of ether oxygens (including phenoxy) is 3. The van der Waals surface area contributed by atoms with Crippen LogP contribution in [0.1, 0.15) is 25.0 Å². The number of aliphatic imine (C=N–C) groups is 1. The summed E-state index contributed by atoms with van der Waals surface area (Å²) in [6.07, 6.45) is 2.11. The van der Waals surface area contributed by atoms with Crippen LogP contribution >= 0.6 is 0 Å². The van der Waals surface area contributed by atoms with Gasteiger partial charge in [0.2, 0.25) is 5.75 Å². The van der Waals surface area contributed by atoms with Gasteiger partial charge in [-0.15, -0.1) is 0 Å². The number of guanidine groups is 1. The van der Waals surface area contributed by atoms with Crippen LogP contribution in [0.4, 0.5) is 0 Å². The summed E-state index contributed by atoms with van der Waals surface area (Å²) in [7, 11) is 4.84. The molecule has 7 nitrogen and oxygen atoms in total. The molecule has 2 aromatic carbocycles. The smallest absolute Gasteiger partial charge is 0.339 e. The van der Waals surface area contributed by atoms with Gasteiger partial charge in [0.15, 0.2) is 11.5 Å². The first-order valence-electron chi connectivity index (χ1n) is 10.4. The monoisotopic (exact) mass is 442 g/mol. The van der Waals surface area contributed by atoms with E-state index in [9.17, 15) is 0 Å². The lowest BCUT2D eigenvalue weighted by molar-refractivity contribution is -0.529. The molecule has 0 radical (unpaired) electrons. The van der Waals surface area contributed by atoms with Crippen molar-refractivity contribution in [3.8, 4) is 17.2 Å². The number of nitrogens with zero attached hydrogens (tertiary/aromatic N) is 3. The van der Waals surface area contributed by atoms with E-state index in [0.29, 0.717) is 23.2 Å². The van der Waals surface area contributed by atoms with Crippen LogP contribution in [0.2, 0.25) is 0 Å². The van der Waals surface area contributed by atoms with E-state index >= 15 is 0 Å². The number of benzene rings is 2. The number of nitrogens with two attached hydrogens (primary N) is 1. The Balaban J connectivity index is 0.00000363. The molecule has 2 aromatic rings. The summed E-state index contributed by atoms with van der Waals surface area (Å²) < 4.78 is 16.5. The maximum Gasteiger partial charge on any atom is 0.339 e. The lowest BCUT2D eigenvalue weighted by atomic mass is 9.89. The van der Waals surface area contributed by atoms with Gasteiger partial charge in [-0.05, 0) is 40.8 Å². The molecular formula is C24H31FN4O3. The highest BCUT2D eigenvalue weighted by Crippen LogP contribution is 2.39. The van der Waals surface area contributed by atoms with E-state index in [0.717, 1.165) is 29.8 Å². The fourth-order valence-electron chi connectivity index (χ4n) is 3.52. The quantitative estimate of drug-likeness (QED) is 0.482. The highest BCUT2D eigenvalue weighted by Gasteiger charge is 2.22.